The number of benzene rings is 1. The van der Waals surface area contributed by atoms with E-state index < -0.39 is 6.10 Å². The van der Waals surface area contributed by atoms with Crippen molar-refractivity contribution in [1.82, 2.24) is 5.32 Å². The fourth-order valence-corrected chi connectivity index (χ4v) is 2.10. The Morgan fingerprint density at radius 2 is 2.20 bits per heavy atom. The van der Waals surface area contributed by atoms with Gasteiger partial charge in [-0.1, -0.05) is 0 Å². The number of fused-ring (bicyclic) bond motifs is 1. The number of rotatable bonds is 3. The molecule has 1 aliphatic rings. The lowest BCUT2D eigenvalue weighted by atomic mass is 10.1. The minimum Gasteiger partial charge on any atom is -0.479 e. The zero-order valence-electron chi connectivity index (χ0n) is 11.8. The van der Waals surface area contributed by atoms with E-state index in [1.165, 1.54) is 4.90 Å². The van der Waals surface area contributed by atoms with E-state index in [4.69, 9.17) is 10.5 Å². The van der Waals surface area contributed by atoms with Crippen LogP contribution < -0.4 is 20.7 Å². The molecule has 0 aromatic heterocycles. The molecule has 0 aliphatic carbocycles. The third kappa shape index (κ3) is 2.84. The van der Waals surface area contributed by atoms with E-state index in [0.717, 1.165) is 0 Å². The highest BCUT2D eigenvalue weighted by Gasteiger charge is 2.32. The Morgan fingerprint density at radius 1 is 1.50 bits per heavy atom. The first-order valence-electron chi connectivity index (χ1n) is 6.55. The zero-order valence-corrected chi connectivity index (χ0v) is 11.8. The summed E-state index contributed by atoms with van der Waals surface area (Å²) in [6.07, 6.45) is -0.629. The van der Waals surface area contributed by atoms with Gasteiger partial charge in [0.2, 0.25) is 5.91 Å². The summed E-state index contributed by atoms with van der Waals surface area (Å²) in [6.45, 7) is 5.37. The van der Waals surface area contributed by atoms with E-state index >= 15 is 0 Å². The van der Waals surface area contributed by atoms with Crippen molar-refractivity contribution in [2.75, 3.05) is 17.2 Å². The van der Waals surface area contributed by atoms with Crippen molar-refractivity contribution in [3.05, 3.63) is 18.2 Å². The Morgan fingerprint density at radius 3 is 2.85 bits per heavy atom. The molecule has 0 bridgehead atoms. The fraction of sp³-hybridized carbons (Fsp3) is 0.429. The van der Waals surface area contributed by atoms with Crippen LogP contribution in [0.1, 0.15) is 20.8 Å². The third-order valence-corrected chi connectivity index (χ3v) is 2.94. The highest BCUT2D eigenvalue weighted by Crippen LogP contribution is 2.35. The van der Waals surface area contributed by atoms with E-state index in [2.05, 4.69) is 5.32 Å². The molecule has 0 radical (unpaired) electrons. The molecule has 1 aliphatic heterocycles. The van der Waals surface area contributed by atoms with Crippen LogP contribution in [-0.2, 0) is 9.59 Å². The standard InChI is InChI=1S/C14H19N3O3/c1-8(2)16-13(18)7-17-11-5-4-10(15)6-12(11)20-9(3)14(17)19/h4-6,8-9H,7,15H2,1-3H3,(H,16,18). The second-order valence-electron chi connectivity index (χ2n) is 5.13. The first-order valence-corrected chi connectivity index (χ1v) is 6.55. The van der Waals surface area contributed by atoms with Crippen molar-refractivity contribution in [2.24, 2.45) is 0 Å². The molecule has 6 nitrogen and oxygen atoms in total. The summed E-state index contributed by atoms with van der Waals surface area (Å²) in [5.74, 6) is 0.0841. The van der Waals surface area contributed by atoms with Crippen molar-refractivity contribution < 1.29 is 14.3 Å². The summed E-state index contributed by atoms with van der Waals surface area (Å²) in [4.78, 5) is 25.5. The maximum atomic E-state index is 12.2. The first kappa shape index (κ1) is 14.2. The summed E-state index contributed by atoms with van der Waals surface area (Å²) in [5.41, 5.74) is 6.84. The number of anilines is 2. The van der Waals surface area contributed by atoms with Gasteiger partial charge in [0.15, 0.2) is 6.10 Å². The molecule has 3 N–H and O–H groups in total. The number of nitrogen functional groups attached to an aromatic ring is 1. The maximum Gasteiger partial charge on any atom is 0.268 e. The topological polar surface area (TPSA) is 84.7 Å². The molecule has 2 rings (SSSR count). The number of hydrogen-bond acceptors (Lipinski definition) is 4. The number of nitrogens with two attached hydrogens (primary N) is 1. The highest BCUT2D eigenvalue weighted by atomic mass is 16.5. The Labute approximate surface area is 117 Å². The van der Waals surface area contributed by atoms with Gasteiger partial charge in [-0.25, -0.2) is 0 Å². The predicted octanol–water partition coefficient (Wildman–Crippen LogP) is 0.907. The molecule has 0 spiro atoms. The van der Waals surface area contributed by atoms with Gasteiger partial charge in [-0.15, -0.1) is 0 Å². The molecule has 2 amide bonds. The van der Waals surface area contributed by atoms with Crippen molar-refractivity contribution in [1.29, 1.82) is 0 Å². The van der Waals surface area contributed by atoms with Crippen molar-refractivity contribution in [3.63, 3.8) is 0 Å². The second kappa shape index (κ2) is 5.40. The van der Waals surface area contributed by atoms with Crippen molar-refractivity contribution >= 4 is 23.2 Å². The van der Waals surface area contributed by atoms with Crippen LogP contribution in [-0.4, -0.2) is 30.5 Å². The van der Waals surface area contributed by atoms with Gasteiger partial charge in [-0.05, 0) is 32.9 Å². The molecule has 0 fully saturated rings. The van der Waals surface area contributed by atoms with Gasteiger partial charge < -0.3 is 15.8 Å². The number of amides is 2. The van der Waals surface area contributed by atoms with Crippen LogP contribution in [0, 0.1) is 0 Å². The smallest absolute Gasteiger partial charge is 0.268 e. The molecule has 20 heavy (non-hydrogen) atoms. The van der Waals surface area contributed by atoms with Crippen molar-refractivity contribution in [3.8, 4) is 5.75 Å². The fourth-order valence-electron chi connectivity index (χ4n) is 2.10. The second-order valence-corrected chi connectivity index (χ2v) is 5.13. The van der Waals surface area contributed by atoms with E-state index in [1.54, 1.807) is 25.1 Å². The third-order valence-electron chi connectivity index (χ3n) is 2.94. The lowest BCUT2D eigenvalue weighted by molar-refractivity contribution is -0.128. The molecule has 1 aromatic rings. The molecule has 1 unspecified atom stereocenters. The Hall–Kier alpha value is -2.24. The summed E-state index contributed by atoms with van der Waals surface area (Å²) in [5, 5.41) is 2.77. The Balaban J connectivity index is 2.27. The van der Waals surface area contributed by atoms with Crippen molar-refractivity contribution in [2.45, 2.75) is 32.9 Å². The van der Waals surface area contributed by atoms with E-state index in [9.17, 15) is 9.59 Å². The highest BCUT2D eigenvalue weighted by molar-refractivity contribution is 6.03. The van der Waals surface area contributed by atoms with Crippen LogP contribution in [0.3, 0.4) is 0 Å². The molecule has 1 heterocycles. The summed E-state index contributed by atoms with van der Waals surface area (Å²) < 4.78 is 5.51. The number of ether oxygens (including phenoxy) is 1. The van der Waals surface area contributed by atoms with Gasteiger partial charge in [0.05, 0.1) is 5.69 Å². The van der Waals surface area contributed by atoms with Gasteiger partial charge in [-0.2, -0.15) is 0 Å². The van der Waals surface area contributed by atoms with Gasteiger partial charge in [0.1, 0.15) is 12.3 Å². The Kier molecular flexibility index (Phi) is 3.83. The molecule has 1 atom stereocenters. The quantitative estimate of drug-likeness (QED) is 0.804. The minimum atomic E-state index is -0.629. The monoisotopic (exact) mass is 277 g/mol. The number of carbonyl (C=O) groups is 2. The van der Waals surface area contributed by atoms with Gasteiger partial charge in [0, 0.05) is 17.8 Å². The first-order chi connectivity index (χ1) is 9.38. The van der Waals surface area contributed by atoms with E-state index in [1.807, 2.05) is 13.8 Å². The van der Waals surface area contributed by atoms with Crippen LogP contribution in [0.5, 0.6) is 5.75 Å². The number of hydrogen-bond donors (Lipinski definition) is 2. The summed E-state index contributed by atoms with van der Waals surface area (Å²) >= 11 is 0. The van der Waals surface area contributed by atoms with Crippen LogP contribution in [0.15, 0.2) is 18.2 Å². The lowest BCUT2D eigenvalue weighted by Crippen LogP contribution is -2.49. The van der Waals surface area contributed by atoms with E-state index in [-0.39, 0.29) is 24.4 Å². The molecular weight excluding hydrogens is 258 g/mol. The average Bonchev–Trinajstić information content (AvgIpc) is 2.33. The number of carbonyl (C=O) groups excluding carboxylic acids is 2. The molecular formula is C14H19N3O3. The Bertz CT molecular complexity index is 542. The largest absolute Gasteiger partial charge is 0.479 e. The van der Waals surface area contributed by atoms with Crippen LogP contribution in [0.25, 0.3) is 0 Å². The maximum absolute atomic E-state index is 12.2. The lowest BCUT2D eigenvalue weighted by Gasteiger charge is -2.32. The number of nitrogens with zero attached hydrogens (tertiary/aromatic N) is 1. The SMILES string of the molecule is CC(C)NC(=O)CN1C(=O)C(C)Oc2cc(N)ccc21. The molecule has 0 saturated heterocycles. The van der Waals surface area contributed by atoms with Gasteiger partial charge in [0.25, 0.3) is 5.91 Å². The average molecular weight is 277 g/mol. The van der Waals surface area contributed by atoms with Gasteiger partial charge in [-0.3, -0.25) is 14.5 Å². The summed E-state index contributed by atoms with van der Waals surface area (Å²) in [7, 11) is 0. The normalized spacial score (nSPS) is 17.7. The van der Waals surface area contributed by atoms with Gasteiger partial charge >= 0.3 is 0 Å². The summed E-state index contributed by atoms with van der Waals surface area (Å²) in [6, 6.07) is 5.06. The molecule has 108 valence electrons. The minimum absolute atomic E-state index is 0.0262. The molecule has 6 heteroatoms. The molecule has 0 saturated carbocycles. The predicted molar refractivity (Wildman–Crippen MR) is 76.6 cm³/mol. The van der Waals surface area contributed by atoms with Crippen LogP contribution in [0.4, 0.5) is 11.4 Å². The van der Waals surface area contributed by atoms with Crippen LogP contribution >= 0.6 is 0 Å². The van der Waals surface area contributed by atoms with Crippen LogP contribution in [0.2, 0.25) is 0 Å². The zero-order chi connectivity index (χ0) is 14.9. The molecule has 1 aromatic carbocycles. The van der Waals surface area contributed by atoms with E-state index in [0.29, 0.717) is 17.1 Å². The number of nitrogens with one attached hydrogen (secondary N) is 1.